The van der Waals surface area contributed by atoms with E-state index in [-0.39, 0.29) is 12.3 Å². The first-order valence-electron chi connectivity index (χ1n) is 6.45. The van der Waals surface area contributed by atoms with Crippen LogP contribution >= 0.6 is 11.3 Å². The van der Waals surface area contributed by atoms with E-state index in [1.165, 1.54) is 11.3 Å². The van der Waals surface area contributed by atoms with Crippen LogP contribution in [0.25, 0.3) is 0 Å². The van der Waals surface area contributed by atoms with E-state index in [0.29, 0.717) is 4.88 Å². The minimum atomic E-state index is -1.58. The van der Waals surface area contributed by atoms with Crippen LogP contribution in [-0.4, -0.2) is 39.6 Å². The molecule has 0 aliphatic heterocycles. The van der Waals surface area contributed by atoms with Crippen LogP contribution in [0.4, 0.5) is 0 Å². The third kappa shape index (κ3) is 2.02. The number of rotatable bonds is 4. The van der Waals surface area contributed by atoms with Crippen molar-refractivity contribution in [2.75, 3.05) is 0 Å². The summed E-state index contributed by atoms with van der Waals surface area (Å²) in [7, 11) is 0. The molecule has 0 radical (unpaired) electrons. The number of amides is 1. The van der Waals surface area contributed by atoms with Crippen LogP contribution in [0.1, 0.15) is 16.1 Å². The molecule has 112 valence electrons. The monoisotopic (exact) mass is 310 g/mol. The zero-order chi connectivity index (χ0) is 15.4. The lowest BCUT2D eigenvalue weighted by molar-refractivity contribution is -0.145. The highest BCUT2D eigenvalue weighted by atomic mass is 32.1. The fourth-order valence-corrected chi connectivity index (χ4v) is 4.10. The van der Waals surface area contributed by atoms with Crippen molar-refractivity contribution in [1.82, 2.24) is 5.32 Å². The maximum atomic E-state index is 12.0. The van der Waals surface area contributed by atoms with Gasteiger partial charge in [0.05, 0.1) is 10.8 Å². The molecule has 0 unspecified atom stereocenters. The Bertz CT molecular complexity index is 616. The first kappa shape index (κ1) is 14.0. The number of carboxylic acid groups (broad SMARTS) is 2. The summed E-state index contributed by atoms with van der Waals surface area (Å²) in [4.78, 5) is 35.1. The molecule has 7 nitrogen and oxygen atoms in total. The summed E-state index contributed by atoms with van der Waals surface area (Å²) < 4.78 is 0. The molecule has 0 spiro atoms. The summed E-state index contributed by atoms with van der Waals surface area (Å²) in [5.41, 5.74) is 4.31. The maximum Gasteiger partial charge on any atom is 0.324 e. The molecule has 8 heteroatoms. The first-order valence-corrected chi connectivity index (χ1v) is 7.33. The van der Waals surface area contributed by atoms with Crippen LogP contribution < -0.4 is 11.1 Å². The molecule has 1 amide bonds. The van der Waals surface area contributed by atoms with Gasteiger partial charge in [-0.15, -0.1) is 11.3 Å². The number of thiophene rings is 1. The van der Waals surface area contributed by atoms with Gasteiger partial charge in [0.15, 0.2) is 0 Å². The van der Waals surface area contributed by atoms with Gasteiger partial charge in [0, 0.05) is 12.0 Å². The SMILES string of the molecule is N[C@]1(C(=O)O)C[C@@H](NC(=O)c2cccs2)[C@@H]2[C@@H](C(=O)O)[C@H]21. The first-order chi connectivity index (χ1) is 9.86. The van der Waals surface area contributed by atoms with E-state index in [2.05, 4.69) is 5.32 Å². The van der Waals surface area contributed by atoms with E-state index in [1.54, 1.807) is 17.5 Å². The molecule has 2 aliphatic rings. The van der Waals surface area contributed by atoms with Gasteiger partial charge in [-0.25, -0.2) is 0 Å². The average Bonchev–Trinajstić information content (AvgIpc) is 2.78. The zero-order valence-corrected chi connectivity index (χ0v) is 11.7. The molecule has 1 aromatic heterocycles. The van der Waals surface area contributed by atoms with E-state index in [4.69, 9.17) is 10.8 Å². The number of hydrogen-bond acceptors (Lipinski definition) is 5. The van der Waals surface area contributed by atoms with Gasteiger partial charge in [-0.2, -0.15) is 0 Å². The minimum absolute atomic E-state index is 0.0541. The topological polar surface area (TPSA) is 130 Å². The summed E-state index contributed by atoms with van der Waals surface area (Å²) in [6.07, 6.45) is 0.0541. The molecule has 1 aromatic rings. The predicted molar refractivity (Wildman–Crippen MR) is 72.9 cm³/mol. The highest BCUT2D eigenvalue weighted by molar-refractivity contribution is 7.12. The molecular weight excluding hydrogens is 296 g/mol. The van der Waals surface area contributed by atoms with Gasteiger partial charge in [0.25, 0.3) is 5.91 Å². The molecule has 2 aliphatic carbocycles. The van der Waals surface area contributed by atoms with Crippen LogP contribution in [-0.2, 0) is 9.59 Å². The number of nitrogens with two attached hydrogens (primary N) is 1. The van der Waals surface area contributed by atoms with Crippen LogP contribution in [0, 0.1) is 17.8 Å². The fourth-order valence-electron chi connectivity index (χ4n) is 3.48. The van der Waals surface area contributed by atoms with Crippen molar-refractivity contribution in [3.63, 3.8) is 0 Å². The van der Waals surface area contributed by atoms with Crippen molar-refractivity contribution in [2.45, 2.75) is 18.0 Å². The van der Waals surface area contributed by atoms with Crippen molar-refractivity contribution in [2.24, 2.45) is 23.5 Å². The maximum absolute atomic E-state index is 12.0. The van der Waals surface area contributed by atoms with Crippen molar-refractivity contribution >= 4 is 29.2 Å². The molecule has 0 aromatic carbocycles. The van der Waals surface area contributed by atoms with Gasteiger partial charge in [-0.1, -0.05) is 6.07 Å². The fraction of sp³-hybridized carbons (Fsp3) is 0.462. The summed E-state index contributed by atoms with van der Waals surface area (Å²) in [5.74, 6) is -4.42. The van der Waals surface area contributed by atoms with Crippen LogP contribution in [0.5, 0.6) is 0 Å². The van der Waals surface area contributed by atoms with Crippen molar-refractivity contribution in [1.29, 1.82) is 0 Å². The zero-order valence-electron chi connectivity index (χ0n) is 10.9. The average molecular weight is 310 g/mol. The minimum Gasteiger partial charge on any atom is -0.481 e. The Kier molecular flexibility index (Phi) is 3.03. The number of carbonyl (C=O) groups is 3. The number of carbonyl (C=O) groups excluding carboxylic acids is 1. The third-order valence-corrected chi connectivity index (χ3v) is 5.31. The molecule has 5 atom stereocenters. The lowest BCUT2D eigenvalue weighted by atomic mass is 9.90. The second-order valence-electron chi connectivity index (χ2n) is 5.57. The normalized spacial score (nSPS) is 36.8. The van der Waals surface area contributed by atoms with Gasteiger partial charge in [0.2, 0.25) is 0 Å². The highest BCUT2D eigenvalue weighted by Gasteiger charge is 2.74. The van der Waals surface area contributed by atoms with Gasteiger partial charge >= 0.3 is 11.9 Å². The van der Waals surface area contributed by atoms with Gasteiger partial charge in [0.1, 0.15) is 5.54 Å². The smallest absolute Gasteiger partial charge is 0.324 e. The molecule has 1 heterocycles. The quantitative estimate of drug-likeness (QED) is 0.618. The molecule has 3 rings (SSSR count). The van der Waals surface area contributed by atoms with E-state index in [1.807, 2.05) is 0 Å². The van der Waals surface area contributed by atoms with Gasteiger partial charge in [-0.05, 0) is 23.8 Å². The highest BCUT2D eigenvalue weighted by Crippen LogP contribution is 2.61. The Morgan fingerprint density at radius 3 is 2.62 bits per heavy atom. The number of fused-ring (bicyclic) bond motifs is 1. The Balaban J connectivity index is 1.80. The van der Waals surface area contributed by atoms with Gasteiger partial charge < -0.3 is 21.3 Å². The van der Waals surface area contributed by atoms with E-state index in [9.17, 15) is 19.5 Å². The number of carboxylic acids is 2. The summed E-state index contributed by atoms with van der Waals surface area (Å²) >= 11 is 1.27. The number of hydrogen-bond donors (Lipinski definition) is 4. The molecular formula is C13H14N2O5S. The largest absolute Gasteiger partial charge is 0.481 e. The van der Waals surface area contributed by atoms with Crippen molar-refractivity contribution < 1.29 is 24.6 Å². The second kappa shape index (κ2) is 4.54. The number of nitrogens with one attached hydrogen (secondary N) is 1. The van der Waals surface area contributed by atoms with Crippen molar-refractivity contribution in [3.05, 3.63) is 22.4 Å². The summed E-state index contributed by atoms with van der Waals surface area (Å²) in [6, 6.07) is 2.87. The van der Waals surface area contributed by atoms with E-state index in [0.717, 1.165) is 0 Å². The van der Waals surface area contributed by atoms with Crippen molar-refractivity contribution in [3.8, 4) is 0 Å². The number of aliphatic carboxylic acids is 2. The molecule has 21 heavy (non-hydrogen) atoms. The Labute approximate surface area is 123 Å². The summed E-state index contributed by atoms with van der Waals surface area (Å²) in [5, 5.41) is 22.9. The molecule has 2 saturated carbocycles. The van der Waals surface area contributed by atoms with E-state index < -0.39 is 41.3 Å². The Morgan fingerprint density at radius 1 is 1.38 bits per heavy atom. The second-order valence-corrected chi connectivity index (χ2v) is 6.52. The summed E-state index contributed by atoms with van der Waals surface area (Å²) in [6.45, 7) is 0. The Morgan fingerprint density at radius 2 is 2.10 bits per heavy atom. The van der Waals surface area contributed by atoms with Gasteiger partial charge in [-0.3, -0.25) is 14.4 Å². The molecule has 5 N–H and O–H groups in total. The molecule has 0 saturated heterocycles. The lowest BCUT2D eigenvalue weighted by Crippen LogP contribution is -2.52. The molecule has 2 fully saturated rings. The van der Waals surface area contributed by atoms with E-state index >= 15 is 0 Å². The predicted octanol–water partition coefficient (Wildman–Crippen LogP) is -0.0209. The Hall–Kier alpha value is -1.93. The van der Waals surface area contributed by atoms with Crippen LogP contribution in [0.15, 0.2) is 17.5 Å². The standard InChI is InChI=1S/C13H14N2O5S/c14-13(12(19)20)4-5(7-8(9(7)13)11(17)18)15-10(16)6-2-1-3-21-6/h1-3,5,7-9H,4,14H2,(H,15,16)(H,17,18)(H,19,20)/t5-,7-,8-,9+,13-/m1/s1. The lowest BCUT2D eigenvalue weighted by Gasteiger charge is -2.24. The third-order valence-electron chi connectivity index (χ3n) is 4.44. The molecule has 0 bridgehead atoms. The van der Waals surface area contributed by atoms with Crippen LogP contribution in [0.2, 0.25) is 0 Å². The van der Waals surface area contributed by atoms with Crippen LogP contribution in [0.3, 0.4) is 0 Å².